The largest absolute Gasteiger partial charge is 0.376 e. The number of nitrogen functional groups attached to an aromatic ring is 1. The topological polar surface area (TPSA) is 102 Å². The highest BCUT2D eigenvalue weighted by Gasteiger charge is 2.23. The van der Waals surface area contributed by atoms with Gasteiger partial charge in [0, 0.05) is 6.61 Å². The van der Waals surface area contributed by atoms with Crippen molar-refractivity contribution in [3.63, 3.8) is 0 Å². The number of aromatic nitrogens is 4. The molecule has 1 aliphatic rings. The normalized spacial score (nSPS) is 21.3. The molecular formula is C11H16N6O. The number of hydrogen-bond acceptors (Lipinski definition) is 6. The second-order valence-corrected chi connectivity index (χ2v) is 4.55. The van der Waals surface area contributed by atoms with Crippen LogP contribution in [0.4, 0.5) is 11.8 Å². The lowest BCUT2D eigenvalue weighted by atomic mass is 10.1. The van der Waals surface area contributed by atoms with Gasteiger partial charge in [0.05, 0.1) is 23.7 Å². The van der Waals surface area contributed by atoms with Crippen molar-refractivity contribution < 1.29 is 4.74 Å². The molecule has 1 aliphatic heterocycles. The van der Waals surface area contributed by atoms with Crippen LogP contribution in [-0.2, 0) is 4.74 Å². The number of hydrogen-bond donors (Lipinski definition) is 3. The standard InChI is InChI=1S/C11H16N6O/c1-6(8-3-2-4-18-8)14-9-7-5-13-17-10(7)16-11(12)15-9/h5-6,8H,2-4H2,1H3,(H4,12,13,14,15,16,17). The minimum atomic E-state index is 0.180. The van der Waals surface area contributed by atoms with Crippen LogP contribution in [-0.4, -0.2) is 38.9 Å². The van der Waals surface area contributed by atoms with E-state index in [0.29, 0.717) is 11.5 Å². The van der Waals surface area contributed by atoms with Crippen LogP contribution in [0, 0.1) is 0 Å². The lowest BCUT2D eigenvalue weighted by molar-refractivity contribution is 0.0996. The van der Waals surface area contributed by atoms with Gasteiger partial charge in [-0.05, 0) is 19.8 Å². The molecule has 18 heavy (non-hydrogen) atoms. The molecule has 3 rings (SSSR count). The first-order valence-electron chi connectivity index (χ1n) is 6.09. The first-order valence-corrected chi connectivity index (χ1v) is 6.09. The molecular weight excluding hydrogens is 232 g/mol. The van der Waals surface area contributed by atoms with Crippen LogP contribution >= 0.6 is 0 Å². The molecule has 0 aromatic carbocycles. The van der Waals surface area contributed by atoms with Gasteiger partial charge in [-0.15, -0.1) is 0 Å². The Bertz CT molecular complexity index is 547. The molecule has 0 aliphatic carbocycles. The fourth-order valence-corrected chi connectivity index (χ4v) is 2.27. The summed E-state index contributed by atoms with van der Waals surface area (Å²) in [6, 6.07) is 0.180. The quantitative estimate of drug-likeness (QED) is 0.746. The van der Waals surface area contributed by atoms with E-state index in [1.165, 1.54) is 0 Å². The van der Waals surface area contributed by atoms with Crippen molar-refractivity contribution in [2.75, 3.05) is 17.7 Å². The van der Waals surface area contributed by atoms with Crippen molar-refractivity contribution in [1.29, 1.82) is 0 Å². The minimum absolute atomic E-state index is 0.180. The first kappa shape index (κ1) is 11.2. The summed E-state index contributed by atoms with van der Waals surface area (Å²) >= 11 is 0. The lowest BCUT2D eigenvalue weighted by Gasteiger charge is -2.20. The van der Waals surface area contributed by atoms with Gasteiger partial charge in [-0.25, -0.2) is 0 Å². The molecule has 0 amide bonds. The molecule has 2 atom stereocenters. The lowest BCUT2D eigenvalue weighted by Crippen LogP contribution is -2.30. The second kappa shape index (κ2) is 4.41. The molecule has 0 bridgehead atoms. The maximum absolute atomic E-state index is 5.67. The molecule has 0 saturated carbocycles. The van der Waals surface area contributed by atoms with Crippen molar-refractivity contribution in [1.82, 2.24) is 20.2 Å². The Balaban J connectivity index is 1.86. The molecule has 1 saturated heterocycles. The number of aromatic amines is 1. The van der Waals surface area contributed by atoms with E-state index in [0.717, 1.165) is 24.8 Å². The smallest absolute Gasteiger partial charge is 0.224 e. The zero-order chi connectivity index (χ0) is 12.5. The van der Waals surface area contributed by atoms with Crippen molar-refractivity contribution in [2.24, 2.45) is 0 Å². The van der Waals surface area contributed by atoms with Crippen molar-refractivity contribution in [2.45, 2.75) is 31.9 Å². The van der Waals surface area contributed by atoms with Gasteiger partial charge in [0.25, 0.3) is 0 Å². The number of fused-ring (bicyclic) bond motifs is 1. The van der Waals surface area contributed by atoms with Crippen LogP contribution in [0.1, 0.15) is 19.8 Å². The Hall–Kier alpha value is -1.89. The molecule has 0 spiro atoms. The van der Waals surface area contributed by atoms with Crippen molar-refractivity contribution in [3.8, 4) is 0 Å². The van der Waals surface area contributed by atoms with Gasteiger partial charge >= 0.3 is 0 Å². The van der Waals surface area contributed by atoms with Gasteiger partial charge in [-0.2, -0.15) is 15.1 Å². The summed E-state index contributed by atoms with van der Waals surface area (Å²) in [7, 11) is 0. The van der Waals surface area contributed by atoms with Crippen LogP contribution in [0.5, 0.6) is 0 Å². The highest BCUT2D eigenvalue weighted by atomic mass is 16.5. The van der Waals surface area contributed by atoms with E-state index in [-0.39, 0.29) is 18.1 Å². The predicted octanol–water partition coefficient (Wildman–Crippen LogP) is 0.914. The Morgan fingerprint density at radius 3 is 3.22 bits per heavy atom. The molecule has 4 N–H and O–H groups in total. The number of ether oxygens (including phenoxy) is 1. The van der Waals surface area contributed by atoms with Crippen molar-refractivity contribution in [3.05, 3.63) is 6.20 Å². The highest BCUT2D eigenvalue weighted by Crippen LogP contribution is 2.23. The summed E-state index contributed by atoms with van der Waals surface area (Å²) in [5.74, 6) is 0.933. The summed E-state index contributed by atoms with van der Waals surface area (Å²) in [4.78, 5) is 8.30. The van der Waals surface area contributed by atoms with Crippen LogP contribution in [0.3, 0.4) is 0 Å². The van der Waals surface area contributed by atoms with Crippen LogP contribution in [0.2, 0.25) is 0 Å². The average Bonchev–Trinajstić information content (AvgIpc) is 2.98. The summed E-state index contributed by atoms with van der Waals surface area (Å²) < 4.78 is 5.65. The third-order valence-electron chi connectivity index (χ3n) is 3.21. The van der Waals surface area contributed by atoms with Gasteiger partial charge in [0.1, 0.15) is 5.82 Å². The van der Waals surface area contributed by atoms with E-state index in [1.807, 2.05) is 0 Å². The predicted molar refractivity (Wildman–Crippen MR) is 68.2 cm³/mol. The molecule has 7 nitrogen and oxygen atoms in total. The summed E-state index contributed by atoms with van der Waals surface area (Å²) in [5, 5.41) is 10.9. The summed E-state index contributed by atoms with van der Waals surface area (Å²) in [6.45, 7) is 2.92. The fourth-order valence-electron chi connectivity index (χ4n) is 2.27. The molecule has 1 fully saturated rings. The minimum Gasteiger partial charge on any atom is -0.376 e. The monoisotopic (exact) mass is 248 g/mol. The number of anilines is 2. The number of nitrogens with two attached hydrogens (primary N) is 1. The maximum Gasteiger partial charge on any atom is 0.224 e. The number of nitrogens with zero attached hydrogens (tertiary/aromatic N) is 3. The summed E-state index contributed by atoms with van der Waals surface area (Å²) in [5.41, 5.74) is 6.31. The van der Waals surface area contributed by atoms with E-state index in [9.17, 15) is 0 Å². The molecule has 7 heteroatoms. The third-order valence-corrected chi connectivity index (χ3v) is 3.21. The van der Waals surface area contributed by atoms with E-state index >= 15 is 0 Å². The SMILES string of the molecule is CC(Nc1nc(N)nc2[nH]ncc12)C1CCCO1. The molecule has 96 valence electrons. The first-order chi connectivity index (χ1) is 8.74. The number of H-pyrrole nitrogens is 1. The second-order valence-electron chi connectivity index (χ2n) is 4.55. The van der Waals surface area contributed by atoms with Gasteiger partial charge in [0.2, 0.25) is 5.95 Å². The van der Waals surface area contributed by atoms with Gasteiger partial charge in [0.15, 0.2) is 5.65 Å². The van der Waals surface area contributed by atoms with Crippen LogP contribution in [0.25, 0.3) is 11.0 Å². The zero-order valence-corrected chi connectivity index (χ0v) is 10.2. The number of nitrogens with one attached hydrogen (secondary N) is 2. The van der Waals surface area contributed by atoms with Crippen LogP contribution < -0.4 is 11.1 Å². The van der Waals surface area contributed by atoms with E-state index < -0.39 is 0 Å². The van der Waals surface area contributed by atoms with Crippen LogP contribution in [0.15, 0.2) is 6.20 Å². The molecule has 3 heterocycles. The van der Waals surface area contributed by atoms with E-state index in [4.69, 9.17) is 10.5 Å². The zero-order valence-electron chi connectivity index (χ0n) is 10.2. The van der Waals surface area contributed by atoms with Gasteiger partial charge in [-0.3, -0.25) is 5.10 Å². The Morgan fingerprint density at radius 2 is 2.44 bits per heavy atom. The molecule has 0 radical (unpaired) electrons. The highest BCUT2D eigenvalue weighted by molar-refractivity contribution is 5.86. The average molecular weight is 248 g/mol. The Labute approximate surface area is 104 Å². The van der Waals surface area contributed by atoms with E-state index in [2.05, 4.69) is 32.4 Å². The fraction of sp³-hybridized carbons (Fsp3) is 0.545. The van der Waals surface area contributed by atoms with E-state index in [1.54, 1.807) is 6.20 Å². The Morgan fingerprint density at radius 1 is 1.56 bits per heavy atom. The number of rotatable bonds is 3. The van der Waals surface area contributed by atoms with Gasteiger partial charge in [-0.1, -0.05) is 0 Å². The third kappa shape index (κ3) is 1.97. The summed E-state index contributed by atoms with van der Waals surface area (Å²) in [6.07, 6.45) is 4.11. The molecule has 2 unspecified atom stereocenters. The maximum atomic E-state index is 5.67. The van der Waals surface area contributed by atoms with Gasteiger partial charge < -0.3 is 15.8 Å². The Kier molecular flexibility index (Phi) is 2.75. The molecule has 2 aromatic heterocycles. The van der Waals surface area contributed by atoms with Crippen molar-refractivity contribution >= 4 is 22.8 Å². The molecule has 2 aromatic rings.